The first-order chi connectivity index (χ1) is 17.4. The zero-order chi connectivity index (χ0) is 27.0. The fourth-order valence-corrected chi connectivity index (χ4v) is 4.54. The molecule has 1 aliphatic heterocycles. The lowest BCUT2D eigenvalue weighted by Crippen LogP contribution is -2.48. The van der Waals surface area contributed by atoms with Crippen molar-refractivity contribution in [3.05, 3.63) is 70.0 Å². The van der Waals surface area contributed by atoms with Gasteiger partial charge in [-0.3, -0.25) is 19.8 Å². The van der Waals surface area contributed by atoms with Crippen molar-refractivity contribution in [1.82, 2.24) is 24.6 Å². The summed E-state index contributed by atoms with van der Waals surface area (Å²) in [5.41, 5.74) is -2.77. The minimum atomic E-state index is -5.57. The summed E-state index contributed by atoms with van der Waals surface area (Å²) in [6.45, 7) is 3.25. The number of aromatic hydroxyl groups is 1. The number of imidazole rings is 1. The van der Waals surface area contributed by atoms with Gasteiger partial charge in [0, 0.05) is 25.5 Å². The van der Waals surface area contributed by atoms with Crippen LogP contribution in [-0.2, 0) is 21.1 Å². The van der Waals surface area contributed by atoms with Gasteiger partial charge in [0.1, 0.15) is 0 Å². The smallest absolute Gasteiger partial charge is 0.493 e. The monoisotopic (exact) mass is 541 g/mol. The molecule has 0 atom stereocenters. The summed E-state index contributed by atoms with van der Waals surface area (Å²) < 4.78 is 69.0. The molecular formula is C22H22F3N5O6S. The summed E-state index contributed by atoms with van der Waals surface area (Å²) in [6.07, 6.45) is 2.79. The fraction of sp³-hybridized carbons (Fsp3) is 0.318. The Morgan fingerprint density at radius 2 is 1.81 bits per heavy atom. The Bertz CT molecular complexity index is 1480. The number of benzene rings is 1. The molecule has 1 fully saturated rings. The molecule has 0 bridgehead atoms. The number of alkyl halides is 3. The maximum absolute atomic E-state index is 13.2. The summed E-state index contributed by atoms with van der Waals surface area (Å²) >= 11 is 0. The van der Waals surface area contributed by atoms with Crippen LogP contribution >= 0.6 is 0 Å². The van der Waals surface area contributed by atoms with Crippen molar-refractivity contribution in [1.29, 1.82) is 0 Å². The molecule has 11 nitrogen and oxygen atoms in total. The van der Waals surface area contributed by atoms with Gasteiger partial charge in [0.2, 0.25) is 5.88 Å². The Kier molecular flexibility index (Phi) is 7.12. The van der Waals surface area contributed by atoms with Gasteiger partial charge >= 0.3 is 11.2 Å². The second-order valence-electron chi connectivity index (χ2n) is 8.13. The van der Waals surface area contributed by atoms with E-state index in [0.717, 1.165) is 16.7 Å². The van der Waals surface area contributed by atoms with Gasteiger partial charge in [-0.2, -0.15) is 13.2 Å². The highest BCUT2D eigenvalue weighted by Gasteiger charge is 2.46. The molecule has 0 aliphatic carbocycles. The molecule has 37 heavy (non-hydrogen) atoms. The van der Waals surface area contributed by atoms with Crippen molar-refractivity contribution >= 4 is 15.7 Å². The molecule has 3 aromatic rings. The molecule has 4 rings (SSSR count). The quantitative estimate of drug-likeness (QED) is 0.478. The summed E-state index contributed by atoms with van der Waals surface area (Å²) in [4.78, 5) is 29.0. The van der Waals surface area contributed by atoms with Crippen molar-refractivity contribution in [2.45, 2.75) is 23.9 Å². The van der Waals surface area contributed by atoms with Crippen molar-refractivity contribution in [3.8, 4) is 11.6 Å². The lowest BCUT2D eigenvalue weighted by Gasteiger charge is -2.27. The van der Waals surface area contributed by atoms with Crippen LogP contribution in [0, 0.1) is 6.92 Å². The van der Waals surface area contributed by atoms with Crippen molar-refractivity contribution in [3.63, 3.8) is 0 Å². The molecule has 0 unspecified atom stereocenters. The second-order valence-corrected chi connectivity index (χ2v) is 10.1. The highest BCUT2D eigenvalue weighted by atomic mass is 32.2. The van der Waals surface area contributed by atoms with Crippen LogP contribution in [-0.4, -0.2) is 70.4 Å². The molecule has 0 radical (unpaired) electrons. The molecule has 1 aromatic carbocycles. The zero-order valence-corrected chi connectivity index (χ0v) is 20.2. The van der Waals surface area contributed by atoms with Gasteiger partial charge < -0.3 is 9.84 Å². The van der Waals surface area contributed by atoms with Gasteiger partial charge in [-0.15, -0.1) is 0 Å². The largest absolute Gasteiger partial charge is 0.501 e. The average Bonchev–Trinajstić information content (AvgIpc) is 3.07. The standard InChI is InChI=1S/C22H22F3N5O6S/c1-14-20(32)30(16-2-4-17(5-3-16)37(34,35)22(23,24)25)21(33)29(14)13-15-6-7-26-12-18(15)19(31)27-28-8-10-36-11-9-28/h2-7,12,32H,8-11,13H2,1H3,(H,27,31). The highest BCUT2D eigenvalue weighted by molar-refractivity contribution is 7.92. The number of pyridine rings is 1. The predicted molar refractivity (Wildman–Crippen MR) is 123 cm³/mol. The Balaban J connectivity index is 1.64. The molecule has 198 valence electrons. The van der Waals surface area contributed by atoms with E-state index >= 15 is 0 Å². The zero-order valence-electron chi connectivity index (χ0n) is 19.4. The summed E-state index contributed by atoms with van der Waals surface area (Å²) in [6, 6.07) is 4.92. The molecular weight excluding hydrogens is 519 g/mol. The van der Waals surface area contributed by atoms with E-state index in [-0.39, 0.29) is 23.5 Å². The first-order valence-corrected chi connectivity index (χ1v) is 12.4. The van der Waals surface area contributed by atoms with E-state index in [9.17, 15) is 36.3 Å². The van der Waals surface area contributed by atoms with Crippen LogP contribution in [0.5, 0.6) is 5.88 Å². The van der Waals surface area contributed by atoms with Crippen LogP contribution in [0.3, 0.4) is 0 Å². The number of sulfone groups is 1. The molecule has 15 heteroatoms. The van der Waals surface area contributed by atoms with Gasteiger partial charge in [-0.25, -0.2) is 22.8 Å². The number of ether oxygens (including phenoxy) is 1. The summed E-state index contributed by atoms with van der Waals surface area (Å²) in [5.74, 6) is -0.939. The minimum absolute atomic E-state index is 0.0505. The van der Waals surface area contributed by atoms with E-state index in [1.807, 2.05) is 0 Å². The summed E-state index contributed by atoms with van der Waals surface area (Å²) in [5, 5.41) is 12.3. The third kappa shape index (κ3) is 5.10. The van der Waals surface area contributed by atoms with E-state index in [2.05, 4.69) is 10.4 Å². The number of rotatable bonds is 6. The van der Waals surface area contributed by atoms with E-state index in [0.29, 0.717) is 44.0 Å². The SMILES string of the molecule is Cc1c(O)n(-c2ccc(S(=O)(=O)C(F)(F)F)cc2)c(=O)n1Cc1ccncc1C(=O)NN1CCOCC1. The number of halogens is 3. The average molecular weight is 542 g/mol. The summed E-state index contributed by atoms with van der Waals surface area (Å²) in [7, 11) is -5.57. The second kappa shape index (κ2) is 9.99. The predicted octanol–water partition coefficient (Wildman–Crippen LogP) is 1.37. The fourth-order valence-electron chi connectivity index (χ4n) is 3.78. The normalized spacial score (nSPS) is 15.0. The van der Waals surface area contributed by atoms with Crippen LogP contribution in [0.2, 0.25) is 0 Å². The number of aromatic nitrogens is 3. The van der Waals surface area contributed by atoms with Gasteiger partial charge in [-0.1, -0.05) is 0 Å². The van der Waals surface area contributed by atoms with E-state index in [1.54, 1.807) is 11.1 Å². The number of nitrogens with zero attached hydrogens (tertiary/aromatic N) is 4. The van der Waals surface area contributed by atoms with Crippen molar-refractivity contribution in [2.24, 2.45) is 0 Å². The lowest BCUT2D eigenvalue weighted by atomic mass is 10.1. The lowest BCUT2D eigenvalue weighted by molar-refractivity contribution is -0.0436. The van der Waals surface area contributed by atoms with E-state index in [4.69, 9.17) is 4.74 Å². The van der Waals surface area contributed by atoms with Gasteiger partial charge in [0.15, 0.2) is 0 Å². The first-order valence-electron chi connectivity index (χ1n) is 10.9. The number of hydrogen-bond acceptors (Lipinski definition) is 8. The molecule has 1 aliphatic rings. The molecule has 2 N–H and O–H groups in total. The number of nitrogens with one attached hydrogen (secondary N) is 1. The maximum atomic E-state index is 13.2. The number of carbonyl (C=O) groups is 1. The maximum Gasteiger partial charge on any atom is 0.501 e. The van der Waals surface area contributed by atoms with Crippen LogP contribution in [0.15, 0.2) is 52.4 Å². The number of hydrogen-bond donors (Lipinski definition) is 2. The van der Waals surface area contributed by atoms with Gasteiger partial charge in [0.05, 0.1) is 41.6 Å². The Labute approximate surface area is 208 Å². The molecule has 3 heterocycles. The third-order valence-electron chi connectivity index (χ3n) is 5.83. The Morgan fingerprint density at radius 1 is 1.16 bits per heavy atom. The molecule has 0 spiro atoms. The Morgan fingerprint density at radius 3 is 2.43 bits per heavy atom. The molecule has 1 amide bonds. The van der Waals surface area contributed by atoms with Crippen LogP contribution in [0.25, 0.3) is 5.69 Å². The molecule has 2 aromatic heterocycles. The third-order valence-corrected chi connectivity index (χ3v) is 7.33. The van der Waals surface area contributed by atoms with E-state index < -0.39 is 37.7 Å². The van der Waals surface area contributed by atoms with E-state index in [1.165, 1.54) is 23.9 Å². The van der Waals surface area contributed by atoms with Crippen LogP contribution in [0.4, 0.5) is 13.2 Å². The van der Waals surface area contributed by atoms with Crippen molar-refractivity contribution in [2.75, 3.05) is 26.3 Å². The molecule has 1 saturated heterocycles. The number of amides is 1. The Hall–Kier alpha value is -3.69. The first kappa shape index (κ1) is 26.4. The van der Waals surface area contributed by atoms with Gasteiger partial charge in [0.25, 0.3) is 15.7 Å². The van der Waals surface area contributed by atoms with Crippen molar-refractivity contribution < 1.29 is 36.2 Å². The number of carbonyl (C=O) groups excluding carboxylic acids is 1. The molecule has 0 saturated carbocycles. The minimum Gasteiger partial charge on any atom is -0.493 e. The van der Waals surface area contributed by atoms with Gasteiger partial charge in [-0.05, 0) is 42.8 Å². The van der Waals surface area contributed by atoms with Crippen LogP contribution < -0.4 is 11.1 Å². The number of morpholine rings is 1. The topological polar surface area (TPSA) is 136 Å². The van der Waals surface area contributed by atoms with Crippen LogP contribution in [0.1, 0.15) is 21.6 Å². The number of hydrazine groups is 1. The highest BCUT2D eigenvalue weighted by Crippen LogP contribution is 2.31.